The smallest absolute Gasteiger partial charge is 0.220 e. The maximum atomic E-state index is 12.9. The number of hydrogen-bond acceptors (Lipinski definition) is 8. The van der Waals surface area contributed by atoms with Crippen LogP contribution in [0.15, 0.2) is 24.3 Å². The molecule has 0 aromatic rings. The second kappa shape index (κ2) is 37.0. The lowest BCUT2D eigenvalue weighted by Gasteiger charge is -2.40. The molecule has 0 radical (unpaired) electrons. The van der Waals surface area contributed by atoms with Crippen LogP contribution in [0, 0.1) is 0 Å². The summed E-state index contributed by atoms with van der Waals surface area (Å²) in [5, 5.41) is 54.1. The number of nitrogens with one attached hydrogen (secondary N) is 1. The van der Waals surface area contributed by atoms with Gasteiger partial charge in [0.25, 0.3) is 0 Å². The molecule has 2 unspecified atom stereocenters. The predicted octanol–water partition coefficient (Wildman–Crippen LogP) is 9.50. The monoisotopic (exact) mass is 782 g/mol. The fraction of sp³-hybridized carbons (Fsp3) is 0.891. The maximum absolute atomic E-state index is 12.9. The van der Waals surface area contributed by atoms with E-state index in [2.05, 4.69) is 31.3 Å². The zero-order valence-corrected chi connectivity index (χ0v) is 35.4. The third-order valence-corrected chi connectivity index (χ3v) is 11.0. The summed E-state index contributed by atoms with van der Waals surface area (Å²) in [5.41, 5.74) is 0. The van der Waals surface area contributed by atoms with Crippen LogP contribution in [0.25, 0.3) is 0 Å². The van der Waals surface area contributed by atoms with E-state index in [1.807, 2.05) is 6.08 Å². The Balaban J connectivity index is 2.34. The van der Waals surface area contributed by atoms with Gasteiger partial charge in [0.05, 0.1) is 25.4 Å². The van der Waals surface area contributed by atoms with Crippen molar-refractivity contribution < 1.29 is 39.8 Å². The van der Waals surface area contributed by atoms with Crippen LogP contribution < -0.4 is 5.32 Å². The third-order valence-electron chi connectivity index (χ3n) is 11.0. The summed E-state index contributed by atoms with van der Waals surface area (Å²) in [6.45, 7) is 3.75. The van der Waals surface area contributed by atoms with Crippen molar-refractivity contribution in [3.8, 4) is 0 Å². The number of rotatable bonds is 38. The van der Waals surface area contributed by atoms with Crippen molar-refractivity contribution in [2.75, 3.05) is 13.2 Å². The Morgan fingerprint density at radius 2 is 1.04 bits per heavy atom. The van der Waals surface area contributed by atoms with Gasteiger partial charge in [0.1, 0.15) is 24.4 Å². The van der Waals surface area contributed by atoms with Crippen LogP contribution in [0.5, 0.6) is 0 Å². The molecule has 0 bridgehead atoms. The number of aliphatic hydroxyl groups is 5. The van der Waals surface area contributed by atoms with E-state index in [0.29, 0.717) is 6.42 Å². The molecule has 1 heterocycles. The summed E-state index contributed by atoms with van der Waals surface area (Å²) in [5.74, 6) is -0.185. The molecule has 324 valence electrons. The SMILES string of the molecule is CCCCCCCCC/C=C/CC/C=C/[C@@H](O)[C@H](CO[C@H]1O[C@@H](CO)[C@H](O)C(O)C1O)NC(=O)CCCCCCCCCCCCCCCCCCCCC. The quantitative estimate of drug-likeness (QED) is 0.0268. The second-order valence-electron chi connectivity index (χ2n) is 16.2. The number of unbranched alkanes of at least 4 members (excludes halogenated alkanes) is 26. The van der Waals surface area contributed by atoms with Crippen LogP contribution in [-0.4, -0.2) is 87.5 Å². The Morgan fingerprint density at radius 1 is 0.600 bits per heavy atom. The van der Waals surface area contributed by atoms with E-state index in [1.165, 1.54) is 148 Å². The van der Waals surface area contributed by atoms with Crippen LogP contribution in [-0.2, 0) is 14.3 Å². The topological polar surface area (TPSA) is 149 Å². The van der Waals surface area contributed by atoms with Crippen LogP contribution in [0.2, 0.25) is 0 Å². The molecule has 6 N–H and O–H groups in total. The summed E-state index contributed by atoms with van der Waals surface area (Å²) < 4.78 is 11.2. The summed E-state index contributed by atoms with van der Waals surface area (Å²) in [6, 6.07) is -0.815. The molecule has 1 rings (SSSR count). The van der Waals surface area contributed by atoms with Gasteiger partial charge in [-0.2, -0.15) is 0 Å². The lowest BCUT2D eigenvalue weighted by molar-refractivity contribution is -0.302. The largest absolute Gasteiger partial charge is 0.394 e. The first-order chi connectivity index (χ1) is 26.8. The Labute approximate surface area is 337 Å². The number of hydrogen-bond donors (Lipinski definition) is 6. The summed E-state index contributed by atoms with van der Waals surface area (Å²) in [7, 11) is 0. The van der Waals surface area contributed by atoms with E-state index in [1.54, 1.807) is 6.08 Å². The molecule has 1 amide bonds. The first-order valence-corrected chi connectivity index (χ1v) is 23.1. The van der Waals surface area contributed by atoms with Crippen LogP contribution in [0.3, 0.4) is 0 Å². The number of aliphatic hydroxyl groups excluding tert-OH is 5. The van der Waals surface area contributed by atoms with Crippen molar-refractivity contribution in [2.24, 2.45) is 0 Å². The normalized spacial score (nSPS) is 21.5. The fourth-order valence-corrected chi connectivity index (χ4v) is 7.29. The molecule has 1 fully saturated rings. The zero-order chi connectivity index (χ0) is 40.2. The first-order valence-electron chi connectivity index (χ1n) is 23.1. The average Bonchev–Trinajstić information content (AvgIpc) is 3.18. The molecule has 9 heteroatoms. The Kier molecular flexibility index (Phi) is 34.7. The first kappa shape index (κ1) is 51.7. The van der Waals surface area contributed by atoms with Gasteiger partial charge in [-0.1, -0.05) is 192 Å². The van der Waals surface area contributed by atoms with E-state index < -0.39 is 49.5 Å². The highest BCUT2D eigenvalue weighted by Crippen LogP contribution is 2.22. The average molecular weight is 782 g/mol. The molecule has 0 aromatic heterocycles. The molecule has 1 aliphatic rings. The summed E-state index contributed by atoms with van der Waals surface area (Å²) in [6.07, 6.45) is 36.5. The van der Waals surface area contributed by atoms with Crippen molar-refractivity contribution in [3.63, 3.8) is 0 Å². The van der Waals surface area contributed by atoms with Gasteiger partial charge in [-0.05, 0) is 32.1 Å². The van der Waals surface area contributed by atoms with E-state index in [0.717, 1.165) is 38.5 Å². The maximum Gasteiger partial charge on any atom is 0.220 e. The summed E-state index contributed by atoms with van der Waals surface area (Å²) >= 11 is 0. The van der Waals surface area contributed by atoms with Gasteiger partial charge in [-0.15, -0.1) is 0 Å². The highest BCUT2D eigenvalue weighted by Gasteiger charge is 2.44. The van der Waals surface area contributed by atoms with Gasteiger partial charge in [-0.25, -0.2) is 0 Å². The molecule has 9 nitrogen and oxygen atoms in total. The second-order valence-corrected chi connectivity index (χ2v) is 16.2. The molecule has 1 aliphatic heterocycles. The minimum absolute atomic E-state index is 0.185. The molecule has 0 aromatic carbocycles. The van der Waals surface area contributed by atoms with E-state index in [4.69, 9.17) is 9.47 Å². The van der Waals surface area contributed by atoms with Crippen molar-refractivity contribution in [1.82, 2.24) is 5.32 Å². The van der Waals surface area contributed by atoms with Gasteiger partial charge >= 0.3 is 0 Å². The minimum Gasteiger partial charge on any atom is -0.394 e. The number of amides is 1. The minimum atomic E-state index is -1.57. The Bertz CT molecular complexity index is 914. The molecule has 55 heavy (non-hydrogen) atoms. The van der Waals surface area contributed by atoms with Gasteiger partial charge < -0.3 is 40.3 Å². The highest BCUT2D eigenvalue weighted by molar-refractivity contribution is 5.76. The predicted molar refractivity (Wildman–Crippen MR) is 226 cm³/mol. The van der Waals surface area contributed by atoms with Crippen molar-refractivity contribution in [3.05, 3.63) is 24.3 Å². The van der Waals surface area contributed by atoms with E-state index in [9.17, 15) is 30.3 Å². The van der Waals surface area contributed by atoms with Gasteiger partial charge in [0, 0.05) is 6.42 Å². The fourth-order valence-electron chi connectivity index (χ4n) is 7.29. The molecule has 1 saturated heterocycles. The summed E-state index contributed by atoms with van der Waals surface area (Å²) in [4.78, 5) is 12.9. The molecule has 0 spiro atoms. The van der Waals surface area contributed by atoms with Crippen molar-refractivity contribution in [1.29, 1.82) is 0 Å². The van der Waals surface area contributed by atoms with Crippen molar-refractivity contribution >= 4 is 5.91 Å². The number of allylic oxidation sites excluding steroid dienone is 3. The van der Waals surface area contributed by atoms with Gasteiger partial charge in [0.2, 0.25) is 5.91 Å². The van der Waals surface area contributed by atoms with Crippen molar-refractivity contribution in [2.45, 2.75) is 249 Å². The van der Waals surface area contributed by atoms with Crippen LogP contribution in [0.4, 0.5) is 0 Å². The highest BCUT2D eigenvalue weighted by atomic mass is 16.7. The van der Waals surface area contributed by atoms with Crippen LogP contribution >= 0.6 is 0 Å². The molecule has 0 saturated carbocycles. The molecule has 7 atom stereocenters. The van der Waals surface area contributed by atoms with Gasteiger partial charge in [0.15, 0.2) is 6.29 Å². The standard InChI is InChI=1S/C46H87NO8/c1-3-5-7-9-11-13-15-17-18-19-20-21-22-24-26-28-30-32-34-36-42(50)47-39(38-54-46-45(53)44(52)43(51)41(37-48)55-46)40(49)35-33-31-29-27-25-23-16-14-12-10-8-6-4-2/h25,27,33,35,39-41,43-46,48-49,51-53H,3-24,26,28-32,34,36-38H2,1-2H3,(H,47,50)/b27-25+,35-33+/t39-,40+,41-,43-,44?,45?,46-/m0/s1. The van der Waals surface area contributed by atoms with Crippen LogP contribution in [0.1, 0.15) is 206 Å². The number of carbonyl (C=O) groups excluding carboxylic acids is 1. The number of carbonyl (C=O) groups is 1. The molecular weight excluding hydrogens is 695 g/mol. The van der Waals surface area contributed by atoms with E-state index in [-0.39, 0.29) is 12.5 Å². The number of ether oxygens (including phenoxy) is 2. The molecular formula is C46H87NO8. The molecule has 0 aliphatic carbocycles. The lowest BCUT2D eigenvalue weighted by atomic mass is 9.99. The van der Waals surface area contributed by atoms with Gasteiger partial charge in [-0.3, -0.25) is 4.79 Å². The van der Waals surface area contributed by atoms with E-state index >= 15 is 0 Å². The lowest BCUT2D eigenvalue weighted by Crippen LogP contribution is -2.60. The Morgan fingerprint density at radius 3 is 1.53 bits per heavy atom. The third kappa shape index (κ3) is 27.9. The zero-order valence-electron chi connectivity index (χ0n) is 35.4. The Hall–Kier alpha value is -1.33.